The van der Waals surface area contributed by atoms with Gasteiger partial charge in [0.15, 0.2) is 0 Å². The molecule has 1 aromatic heterocycles. The lowest BCUT2D eigenvalue weighted by molar-refractivity contribution is 0.728. The van der Waals surface area contributed by atoms with Gasteiger partial charge in [0.05, 0.1) is 5.52 Å². The molecule has 0 aliphatic carbocycles. The average Bonchev–Trinajstić information content (AvgIpc) is 2.53. The number of pyridine rings is 1. The first-order valence-electron chi connectivity index (χ1n) is 7.43. The van der Waals surface area contributed by atoms with Gasteiger partial charge in [-0.05, 0) is 42.3 Å². The third-order valence-electron chi connectivity index (χ3n) is 3.75. The quantitative estimate of drug-likeness (QED) is 0.767. The van der Waals surface area contributed by atoms with Gasteiger partial charge >= 0.3 is 0 Å². The van der Waals surface area contributed by atoms with E-state index in [2.05, 4.69) is 66.6 Å². The molecule has 2 heteroatoms. The second kappa shape index (κ2) is 6.06. The first-order chi connectivity index (χ1) is 10.3. The SMILES string of the molecule is CCNCc1ccc(C)cc1-c1ccc2cccnc2c1. The van der Waals surface area contributed by atoms with Crippen molar-refractivity contribution in [1.82, 2.24) is 10.3 Å². The Balaban J connectivity index is 2.09. The second-order valence-corrected chi connectivity index (χ2v) is 5.35. The zero-order valence-corrected chi connectivity index (χ0v) is 12.6. The number of rotatable bonds is 4. The Hall–Kier alpha value is -2.19. The van der Waals surface area contributed by atoms with Crippen molar-refractivity contribution in [1.29, 1.82) is 0 Å². The molecule has 21 heavy (non-hydrogen) atoms. The third kappa shape index (κ3) is 2.96. The summed E-state index contributed by atoms with van der Waals surface area (Å²) < 4.78 is 0. The zero-order chi connectivity index (χ0) is 14.7. The van der Waals surface area contributed by atoms with E-state index >= 15 is 0 Å². The molecule has 0 radical (unpaired) electrons. The summed E-state index contributed by atoms with van der Waals surface area (Å²) >= 11 is 0. The van der Waals surface area contributed by atoms with Crippen LogP contribution in [0, 0.1) is 6.92 Å². The van der Waals surface area contributed by atoms with Crippen molar-refractivity contribution < 1.29 is 0 Å². The van der Waals surface area contributed by atoms with E-state index in [0.29, 0.717) is 0 Å². The van der Waals surface area contributed by atoms with Gasteiger partial charge in [0.1, 0.15) is 0 Å². The van der Waals surface area contributed by atoms with Crippen molar-refractivity contribution in [2.75, 3.05) is 6.54 Å². The van der Waals surface area contributed by atoms with E-state index in [-0.39, 0.29) is 0 Å². The molecule has 1 N–H and O–H groups in total. The topological polar surface area (TPSA) is 24.9 Å². The largest absolute Gasteiger partial charge is 0.313 e. The normalized spacial score (nSPS) is 11.0. The second-order valence-electron chi connectivity index (χ2n) is 5.35. The summed E-state index contributed by atoms with van der Waals surface area (Å²) in [6, 6.07) is 17.3. The van der Waals surface area contributed by atoms with Gasteiger partial charge in [-0.3, -0.25) is 4.98 Å². The number of nitrogens with one attached hydrogen (secondary N) is 1. The minimum absolute atomic E-state index is 0.895. The number of benzene rings is 2. The van der Waals surface area contributed by atoms with Crippen molar-refractivity contribution in [2.45, 2.75) is 20.4 Å². The molecule has 0 aliphatic heterocycles. The summed E-state index contributed by atoms with van der Waals surface area (Å²) in [4.78, 5) is 4.47. The Morgan fingerprint density at radius 2 is 1.95 bits per heavy atom. The number of aryl methyl sites for hydroxylation is 1. The van der Waals surface area contributed by atoms with Crippen LogP contribution in [0.15, 0.2) is 54.7 Å². The minimum atomic E-state index is 0.895. The van der Waals surface area contributed by atoms with Gasteiger partial charge < -0.3 is 5.32 Å². The van der Waals surface area contributed by atoms with E-state index in [1.165, 1.54) is 27.6 Å². The summed E-state index contributed by atoms with van der Waals surface area (Å²) in [5, 5.41) is 4.60. The molecule has 0 atom stereocenters. The standard InChI is InChI=1S/C19H20N2/c1-3-20-13-17-7-6-14(2)11-18(17)16-9-8-15-5-4-10-21-19(15)12-16/h4-12,20H,3,13H2,1-2H3. The highest BCUT2D eigenvalue weighted by Crippen LogP contribution is 2.27. The maximum atomic E-state index is 4.47. The minimum Gasteiger partial charge on any atom is -0.313 e. The van der Waals surface area contributed by atoms with Crippen LogP contribution in [0.3, 0.4) is 0 Å². The summed E-state index contributed by atoms with van der Waals surface area (Å²) in [6.45, 7) is 6.15. The number of aromatic nitrogens is 1. The van der Waals surface area contributed by atoms with Gasteiger partial charge in [0.25, 0.3) is 0 Å². The fraction of sp³-hybridized carbons (Fsp3) is 0.211. The predicted octanol–water partition coefficient (Wildman–Crippen LogP) is 4.32. The van der Waals surface area contributed by atoms with E-state index in [1.807, 2.05) is 12.3 Å². The highest BCUT2D eigenvalue weighted by molar-refractivity contribution is 5.84. The maximum Gasteiger partial charge on any atom is 0.0708 e. The number of nitrogens with zero attached hydrogens (tertiary/aromatic N) is 1. The molecular weight excluding hydrogens is 256 g/mol. The fourth-order valence-electron chi connectivity index (χ4n) is 2.61. The van der Waals surface area contributed by atoms with Crippen molar-refractivity contribution in [3.05, 3.63) is 65.9 Å². The van der Waals surface area contributed by atoms with Crippen LogP contribution in [0.1, 0.15) is 18.1 Å². The monoisotopic (exact) mass is 276 g/mol. The van der Waals surface area contributed by atoms with Crippen molar-refractivity contribution in [3.63, 3.8) is 0 Å². The molecule has 0 unspecified atom stereocenters. The lowest BCUT2D eigenvalue weighted by Gasteiger charge is -2.12. The van der Waals surface area contributed by atoms with Crippen LogP contribution in [-0.2, 0) is 6.54 Å². The number of fused-ring (bicyclic) bond motifs is 1. The Labute approximate surface area is 125 Å². The van der Waals surface area contributed by atoms with Crippen molar-refractivity contribution in [3.8, 4) is 11.1 Å². The summed E-state index contributed by atoms with van der Waals surface area (Å²) in [5.41, 5.74) is 6.19. The molecule has 3 rings (SSSR count). The number of hydrogen-bond donors (Lipinski definition) is 1. The molecule has 0 spiro atoms. The van der Waals surface area contributed by atoms with Crippen LogP contribution in [-0.4, -0.2) is 11.5 Å². The molecule has 0 bridgehead atoms. The van der Waals surface area contributed by atoms with E-state index in [1.54, 1.807) is 0 Å². The highest BCUT2D eigenvalue weighted by atomic mass is 14.8. The van der Waals surface area contributed by atoms with Gasteiger partial charge in [-0.25, -0.2) is 0 Å². The Morgan fingerprint density at radius 1 is 1.05 bits per heavy atom. The van der Waals surface area contributed by atoms with Crippen LogP contribution >= 0.6 is 0 Å². The molecule has 2 nitrogen and oxygen atoms in total. The molecule has 2 aromatic carbocycles. The van der Waals surface area contributed by atoms with E-state index < -0.39 is 0 Å². The van der Waals surface area contributed by atoms with Gasteiger partial charge in [-0.1, -0.05) is 48.9 Å². The maximum absolute atomic E-state index is 4.47. The Kier molecular flexibility index (Phi) is 3.98. The molecule has 0 aliphatic rings. The van der Waals surface area contributed by atoms with Crippen LogP contribution in [0.25, 0.3) is 22.0 Å². The summed E-state index contributed by atoms with van der Waals surface area (Å²) in [7, 11) is 0. The first kappa shape index (κ1) is 13.8. The highest BCUT2D eigenvalue weighted by Gasteiger charge is 2.06. The fourth-order valence-corrected chi connectivity index (χ4v) is 2.61. The van der Waals surface area contributed by atoms with Gasteiger partial charge in [0.2, 0.25) is 0 Å². The molecule has 0 saturated carbocycles. The summed E-state index contributed by atoms with van der Waals surface area (Å²) in [6.07, 6.45) is 1.85. The Bertz CT molecular complexity index is 762. The van der Waals surface area contributed by atoms with Crippen molar-refractivity contribution >= 4 is 10.9 Å². The van der Waals surface area contributed by atoms with E-state index in [9.17, 15) is 0 Å². The number of hydrogen-bond acceptors (Lipinski definition) is 2. The Morgan fingerprint density at radius 3 is 2.81 bits per heavy atom. The predicted molar refractivity (Wildman–Crippen MR) is 89.3 cm³/mol. The lowest BCUT2D eigenvalue weighted by Crippen LogP contribution is -2.12. The molecule has 3 aromatic rings. The van der Waals surface area contributed by atoms with E-state index in [0.717, 1.165) is 18.6 Å². The van der Waals surface area contributed by atoms with Crippen LogP contribution in [0.5, 0.6) is 0 Å². The molecule has 106 valence electrons. The van der Waals surface area contributed by atoms with Gasteiger partial charge in [0, 0.05) is 18.1 Å². The molecule has 0 amide bonds. The lowest BCUT2D eigenvalue weighted by atomic mass is 9.96. The first-order valence-corrected chi connectivity index (χ1v) is 7.43. The van der Waals surface area contributed by atoms with Gasteiger partial charge in [-0.15, -0.1) is 0 Å². The molecule has 0 fully saturated rings. The van der Waals surface area contributed by atoms with E-state index in [4.69, 9.17) is 0 Å². The third-order valence-corrected chi connectivity index (χ3v) is 3.75. The molecule has 1 heterocycles. The van der Waals surface area contributed by atoms with Gasteiger partial charge in [-0.2, -0.15) is 0 Å². The molecular formula is C19H20N2. The molecule has 0 saturated heterocycles. The summed E-state index contributed by atoms with van der Waals surface area (Å²) in [5.74, 6) is 0. The van der Waals surface area contributed by atoms with Crippen molar-refractivity contribution in [2.24, 2.45) is 0 Å². The zero-order valence-electron chi connectivity index (χ0n) is 12.6. The van der Waals surface area contributed by atoms with Crippen LogP contribution in [0.4, 0.5) is 0 Å². The van der Waals surface area contributed by atoms with Crippen LogP contribution < -0.4 is 5.32 Å². The van der Waals surface area contributed by atoms with Crippen LogP contribution in [0.2, 0.25) is 0 Å². The smallest absolute Gasteiger partial charge is 0.0708 e. The average molecular weight is 276 g/mol.